The summed E-state index contributed by atoms with van der Waals surface area (Å²) in [5, 5.41) is 3.76. The topological polar surface area (TPSA) is 12.0 Å². The fourth-order valence-corrected chi connectivity index (χ4v) is 3.63. The number of rotatable bonds is 4. The Morgan fingerprint density at radius 2 is 1.84 bits per heavy atom. The SMILES string of the molecule is Cc1ccc(C)c(C2CCCCC2CNC2CC2)c1. The molecule has 0 spiro atoms. The first-order valence-corrected chi connectivity index (χ1v) is 8.04. The van der Waals surface area contributed by atoms with Crippen molar-refractivity contribution in [2.24, 2.45) is 5.92 Å². The van der Waals surface area contributed by atoms with Gasteiger partial charge in [0.05, 0.1) is 0 Å². The van der Waals surface area contributed by atoms with Crippen molar-refractivity contribution < 1.29 is 0 Å². The molecule has 2 fully saturated rings. The summed E-state index contributed by atoms with van der Waals surface area (Å²) in [6.45, 7) is 5.75. The second-order valence-corrected chi connectivity index (χ2v) is 6.69. The average molecular weight is 257 g/mol. The summed E-state index contributed by atoms with van der Waals surface area (Å²) in [7, 11) is 0. The lowest BCUT2D eigenvalue weighted by Crippen LogP contribution is -2.31. The van der Waals surface area contributed by atoms with Gasteiger partial charge < -0.3 is 5.32 Å². The maximum atomic E-state index is 3.76. The minimum Gasteiger partial charge on any atom is -0.314 e. The van der Waals surface area contributed by atoms with Gasteiger partial charge in [0.25, 0.3) is 0 Å². The molecule has 0 heterocycles. The Hall–Kier alpha value is -0.820. The van der Waals surface area contributed by atoms with Crippen molar-refractivity contribution in [2.75, 3.05) is 6.54 Å². The van der Waals surface area contributed by atoms with Crippen molar-refractivity contribution in [3.8, 4) is 0 Å². The highest BCUT2D eigenvalue weighted by Gasteiger charge is 2.29. The van der Waals surface area contributed by atoms with Gasteiger partial charge in [0, 0.05) is 6.04 Å². The molecule has 1 heteroatoms. The quantitative estimate of drug-likeness (QED) is 0.846. The predicted octanol–water partition coefficient (Wildman–Crippen LogP) is 4.33. The van der Waals surface area contributed by atoms with Gasteiger partial charge in [-0.25, -0.2) is 0 Å². The van der Waals surface area contributed by atoms with Crippen LogP contribution in [0.4, 0.5) is 0 Å². The highest BCUT2D eigenvalue weighted by Crippen LogP contribution is 2.39. The highest BCUT2D eigenvalue weighted by molar-refractivity contribution is 5.34. The number of nitrogens with one attached hydrogen (secondary N) is 1. The monoisotopic (exact) mass is 257 g/mol. The number of hydrogen-bond acceptors (Lipinski definition) is 1. The van der Waals surface area contributed by atoms with E-state index in [1.807, 2.05) is 0 Å². The van der Waals surface area contributed by atoms with E-state index in [1.54, 1.807) is 5.56 Å². The lowest BCUT2D eigenvalue weighted by atomic mass is 9.74. The molecule has 19 heavy (non-hydrogen) atoms. The van der Waals surface area contributed by atoms with Crippen molar-refractivity contribution in [3.05, 3.63) is 34.9 Å². The maximum Gasteiger partial charge on any atom is 0.00683 e. The fraction of sp³-hybridized carbons (Fsp3) is 0.667. The van der Waals surface area contributed by atoms with Gasteiger partial charge >= 0.3 is 0 Å². The lowest BCUT2D eigenvalue weighted by molar-refractivity contribution is 0.294. The minimum absolute atomic E-state index is 0.792. The van der Waals surface area contributed by atoms with Crippen LogP contribution >= 0.6 is 0 Å². The molecule has 1 aromatic carbocycles. The largest absolute Gasteiger partial charge is 0.314 e. The zero-order valence-corrected chi connectivity index (χ0v) is 12.4. The van der Waals surface area contributed by atoms with Crippen molar-refractivity contribution in [1.29, 1.82) is 0 Å². The molecule has 0 aromatic heterocycles. The molecule has 0 radical (unpaired) electrons. The second-order valence-electron chi connectivity index (χ2n) is 6.69. The summed E-state index contributed by atoms with van der Waals surface area (Å²) < 4.78 is 0. The Labute approximate surface area is 117 Å². The summed E-state index contributed by atoms with van der Waals surface area (Å²) in [5.41, 5.74) is 4.54. The van der Waals surface area contributed by atoms with Gasteiger partial charge in [0.15, 0.2) is 0 Å². The number of hydrogen-bond donors (Lipinski definition) is 1. The molecule has 1 aromatic rings. The molecular formula is C18H27N. The lowest BCUT2D eigenvalue weighted by Gasteiger charge is -2.33. The van der Waals surface area contributed by atoms with E-state index in [1.165, 1.54) is 56.2 Å². The highest BCUT2D eigenvalue weighted by atomic mass is 14.9. The Morgan fingerprint density at radius 3 is 2.63 bits per heavy atom. The summed E-state index contributed by atoms with van der Waals surface area (Å²) >= 11 is 0. The van der Waals surface area contributed by atoms with E-state index in [0.717, 1.165) is 17.9 Å². The van der Waals surface area contributed by atoms with E-state index < -0.39 is 0 Å². The van der Waals surface area contributed by atoms with Crippen LogP contribution < -0.4 is 5.32 Å². The minimum atomic E-state index is 0.792. The van der Waals surface area contributed by atoms with Gasteiger partial charge in [-0.05, 0) is 69.0 Å². The molecule has 2 aliphatic rings. The number of aryl methyl sites for hydroxylation is 2. The van der Waals surface area contributed by atoms with E-state index in [2.05, 4.69) is 37.4 Å². The molecule has 3 rings (SSSR count). The van der Waals surface area contributed by atoms with Crippen LogP contribution in [0.2, 0.25) is 0 Å². The molecule has 2 unspecified atom stereocenters. The molecule has 0 aliphatic heterocycles. The Balaban J connectivity index is 1.75. The van der Waals surface area contributed by atoms with Crippen LogP contribution in [0, 0.1) is 19.8 Å². The van der Waals surface area contributed by atoms with Crippen molar-refractivity contribution in [3.63, 3.8) is 0 Å². The third-order valence-electron chi connectivity index (χ3n) is 4.99. The Kier molecular flexibility index (Phi) is 3.93. The van der Waals surface area contributed by atoms with Crippen LogP contribution in [0.1, 0.15) is 61.1 Å². The molecule has 0 amide bonds. The zero-order valence-electron chi connectivity index (χ0n) is 12.4. The molecule has 0 bridgehead atoms. The zero-order chi connectivity index (χ0) is 13.2. The molecule has 2 atom stereocenters. The van der Waals surface area contributed by atoms with E-state index in [9.17, 15) is 0 Å². The van der Waals surface area contributed by atoms with Gasteiger partial charge in [0.1, 0.15) is 0 Å². The summed E-state index contributed by atoms with van der Waals surface area (Å²) in [4.78, 5) is 0. The Morgan fingerprint density at radius 1 is 1.05 bits per heavy atom. The summed E-state index contributed by atoms with van der Waals surface area (Å²) in [6.07, 6.45) is 8.46. The first kappa shape index (κ1) is 13.2. The third kappa shape index (κ3) is 3.20. The molecule has 1 N–H and O–H groups in total. The van der Waals surface area contributed by atoms with Gasteiger partial charge in [-0.3, -0.25) is 0 Å². The molecule has 2 aliphatic carbocycles. The van der Waals surface area contributed by atoms with Gasteiger partial charge in [-0.15, -0.1) is 0 Å². The maximum absolute atomic E-state index is 3.76. The van der Waals surface area contributed by atoms with Crippen molar-refractivity contribution in [1.82, 2.24) is 5.32 Å². The molecule has 0 saturated heterocycles. The normalized spacial score (nSPS) is 27.5. The van der Waals surface area contributed by atoms with E-state index in [0.29, 0.717) is 0 Å². The van der Waals surface area contributed by atoms with Crippen LogP contribution in [0.15, 0.2) is 18.2 Å². The van der Waals surface area contributed by atoms with E-state index >= 15 is 0 Å². The van der Waals surface area contributed by atoms with Gasteiger partial charge in [-0.1, -0.05) is 36.6 Å². The fourth-order valence-electron chi connectivity index (χ4n) is 3.63. The first-order valence-electron chi connectivity index (χ1n) is 8.04. The summed E-state index contributed by atoms with van der Waals surface area (Å²) in [6, 6.07) is 7.85. The van der Waals surface area contributed by atoms with Crippen LogP contribution in [-0.4, -0.2) is 12.6 Å². The van der Waals surface area contributed by atoms with Crippen LogP contribution in [0.5, 0.6) is 0 Å². The average Bonchev–Trinajstić information content (AvgIpc) is 3.24. The van der Waals surface area contributed by atoms with E-state index in [-0.39, 0.29) is 0 Å². The first-order chi connectivity index (χ1) is 9.24. The van der Waals surface area contributed by atoms with Crippen molar-refractivity contribution in [2.45, 2.75) is 64.3 Å². The summed E-state index contributed by atoms with van der Waals surface area (Å²) in [5.74, 6) is 1.65. The van der Waals surface area contributed by atoms with Gasteiger partial charge in [-0.2, -0.15) is 0 Å². The van der Waals surface area contributed by atoms with Gasteiger partial charge in [0.2, 0.25) is 0 Å². The second kappa shape index (κ2) is 5.66. The van der Waals surface area contributed by atoms with E-state index in [4.69, 9.17) is 0 Å². The third-order valence-corrected chi connectivity index (χ3v) is 4.99. The van der Waals surface area contributed by atoms with Crippen LogP contribution in [0.3, 0.4) is 0 Å². The van der Waals surface area contributed by atoms with Crippen LogP contribution in [-0.2, 0) is 0 Å². The number of benzene rings is 1. The standard InChI is InChI=1S/C18H27N/c1-13-7-8-14(2)18(11-13)17-6-4-3-5-15(17)12-19-16-9-10-16/h7-8,11,15-17,19H,3-6,9-10,12H2,1-2H3. The molecule has 104 valence electrons. The molecular weight excluding hydrogens is 230 g/mol. The predicted molar refractivity (Wildman–Crippen MR) is 81.6 cm³/mol. The smallest absolute Gasteiger partial charge is 0.00683 e. The van der Waals surface area contributed by atoms with Crippen LogP contribution in [0.25, 0.3) is 0 Å². The molecule has 2 saturated carbocycles. The Bertz CT molecular complexity index is 433. The molecule has 1 nitrogen and oxygen atoms in total. The van der Waals surface area contributed by atoms with Crippen molar-refractivity contribution >= 4 is 0 Å².